The molecule has 2 N–H and O–H groups in total. The van der Waals surface area contributed by atoms with Gasteiger partial charge in [-0.1, -0.05) is 55.4 Å². The van der Waals surface area contributed by atoms with Crippen molar-refractivity contribution in [3.63, 3.8) is 0 Å². The number of aromatic nitrogens is 3. The lowest BCUT2D eigenvalue weighted by atomic mass is 9.45. The molecule has 9 nitrogen and oxygen atoms in total. The van der Waals surface area contributed by atoms with Gasteiger partial charge in [-0.15, -0.1) is 0 Å². The predicted octanol–water partition coefficient (Wildman–Crippen LogP) is 11.0. The lowest BCUT2D eigenvalue weighted by Crippen LogP contribution is -2.55. The number of halogens is 2. The van der Waals surface area contributed by atoms with E-state index in [9.17, 15) is 17.2 Å². The van der Waals surface area contributed by atoms with Gasteiger partial charge < -0.3 is 19.9 Å². The van der Waals surface area contributed by atoms with Crippen LogP contribution in [0, 0.1) is 34.5 Å². The number of hydrogen-bond acceptors (Lipinski definition) is 9. The van der Waals surface area contributed by atoms with E-state index in [0.717, 1.165) is 75.6 Å². The van der Waals surface area contributed by atoms with E-state index in [-0.39, 0.29) is 40.6 Å². The predicted molar refractivity (Wildman–Crippen MR) is 232 cm³/mol. The fourth-order valence-corrected chi connectivity index (χ4v) is 12.7. The average Bonchev–Trinajstić information content (AvgIpc) is 3.86. The van der Waals surface area contributed by atoms with Crippen molar-refractivity contribution in [1.82, 2.24) is 20.4 Å². The molecule has 0 bridgehead atoms. The third-order valence-corrected chi connectivity index (χ3v) is 17.4. The van der Waals surface area contributed by atoms with E-state index in [1.807, 2.05) is 25.2 Å². The lowest BCUT2D eigenvalue weighted by molar-refractivity contribution is -0.169. The fraction of sp³-hybridized carbons (Fsp3) is 0.604. The first-order valence-electron chi connectivity index (χ1n) is 22.4. The van der Waals surface area contributed by atoms with E-state index in [1.165, 1.54) is 12.0 Å². The molecule has 8 rings (SSSR count). The van der Waals surface area contributed by atoms with Gasteiger partial charge in [-0.25, -0.2) is 27.2 Å². The Kier molecular flexibility index (Phi) is 12.3. The summed E-state index contributed by atoms with van der Waals surface area (Å²) in [5.74, 6) is 0.614. The van der Waals surface area contributed by atoms with Crippen LogP contribution >= 0.6 is 0 Å². The van der Waals surface area contributed by atoms with Crippen molar-refractivity contribution in [2.45, 2.75) is 133 Å². The highest BCUT2D eigenvalue weighted by Crippen LogP contribution is 2.67. The second-order valence-corrected chi connectivity index (χ2v) is 21.6. The zero-order valence-electron chi connectivity index (χ0n) is 36.0. The fourth-order valence-electron chi connectivity index (χ4n) is 11.7. The van der Waals surface area contributed by atoms with Crippen LogP contribution < -0.4 is 10.6 Å². The Morgan fingerprint density at radius 1 is 0.867 bits per heavy atom. The molecule has 4 fully saturated rings. The van der Waals surface area contributed by atoms with E-state index < -0.39 is 21.0 Å². The minimum absolute atomic E-state index is 0.0632. The molecule has 4 aliphatic carbocycles. The van der Waals surface area contributed by atoms with Crippen molar-refractivity contribution < 1.29 is 26.5 Å². The monoisotopic (exact) mass is 843 g/mol. The van der Waals surface area contributed by atoms with Crippen LogP contribution in [-0.4, -0.2) is 61.0 Å². The Bertz CT molecular complexity index is 2210. The number of ether oxygens (including phenoxy) is 1. The number of nitrogens with one attached hydrogen (secondary N) is 2. The van der Waals surface area contributed by atoms with Crippen molar-refractivity contribution in [3.8, 4) is 34.0 Å². The van der Waals surface area contributed by atoms with Gasteiger partial charge in [0.15, 0.2) is 27.1 Å². The molecule has 0 saturated heterocycles. The summed E-state index contributed by atoms with van der Waals surface area (Å²) in [6.07, 6.45) is 12.4. The molecule has 4 saturated carbocycles. The maximum Gasteiger partial charge on any atom is 0.248 e. The Labute approximate surface area is 355 Å². The van der Waals surface area contributed by atoms with E-state index in [1.54, 1.807) is 44.3 Å². The van der Waals surface area contributed by atoms with E-state index in [2.05, 4.69) is 41.8 Å². The van der Waals surface area contributed by atoms with Crippen LogP contribution in [0.25, 0.3) is 34.0 Å². The van der Waals surface area contributed by atoms with Gasteiger partial charge in [-0.2, -0.15) is 0 Å². The Morgan fingerprint density at radius 2 is 1.60 bits per heavy atom. The molecule has 0 unspecified atom stereocenters. The molecule has 324 valence electrons. The molecular formula is C48H63F2N5O4S. The number of hydrogen-bond donors (Lipinski definition) is 2. The van der Waals surface area contributed by atoms with Crippen LogP contribution in [-0.2, 0) is 21.1 Å². The minimum atomic E-state index is -3.41. The number of fused-ring (bicyclic) bond motifs is 5. The van der Waals surface area contributed by atoms with Crippen LogP contribution in [0.4, 0.5) is 14.6 Å². The summed E-state index contributed by atoms with van der Waals surface area (Å²) in [6, 6.07) is 16.8. The molecule has 4 aromatic rings. The second-order valence-electron chi connectivity index (χ2n) is 19.1. The average molecular weight is 844 g/mol. The minimum Gasteiger partial charge on any atom is -0.378 e. The van der Waals surface area contributed by atoms with Crippen molar-refractivity contribution in [1.29, 1.82) is 0 Å². The maximum atomic E-state index is 14.4. The van der Waals surface area contributed by atoms with Crippen molar-refractivity contribution in [2.24, 2.45) is 34.5 Å². The number of anilines is 1. The van der Waals surface area contributed by atoms with Gasteiger partial charge in [-0.05, 0) is 137 Å². The van der Waals surface area contributed by atoms with Gasteiger partial charge in [0.05, 0.1) is 28.1 Å². The number of sulfone groups is 1. The molecule has 4 aliphatic rings. The summed E-state index contributed by atoms with van der Waals surface area (Å²) >= 11 is 0. The van der Waals surface area contributed by atoms with E-state index in [0.29, 0.717) is 59.4 Å². The van der Waals surface area contributed by atoms with Gasteiger partial charge in [0.2, 0.25) is 5.92 Å². The lowest BCUT2D eigenvalue weighted by Gasteiger charge is -2.61. The Balaban J connectivity index is 0.884. The van der Waals surface area contributed by atoms with Crippen molar-refractivity contribution in [2.75, 3.05) is 25.5 Å². The molecular weight excluding hydrogens is 781 g/mol. The van der Waals surface area contributed by atoms with Gasteiger partial charge in [0.25, 0.3) is 0 Å². The van der Waals surface area contributed by atoms with Crippen LogP contribution in [0.15, 0.2) is 70.2 Å². The zero-order chi connectivity index (χ0) is 42.3. The molecule has 0 radical (unpaired) electrons. The molecule has 2 aromatic heterocycles. The number of rotatable bonds is 15. The number of nitrogens with zero attached hydrogens (tertiary/aromatic N) is 3. The normalized spacial score (nSPS) is 28.6. The highest BCUT2D eigenvalue weighted by Gasteiger charge is 2.62. The summed E-state index contributed by atoms with van der Waals surface area (Å²) in [5.41, 5.74) is 4.90. The van der Waals surface area contributed by atoms with Gasteiger partial charge >= 0.3 is 0 Å². The number of unbranched alkanes of at least 4 members (excludes halogenated alkanes) is 2. The molecule has 2 heterocycles. The molecule has 60 heavy (non-hydrogen) atoms. The summed E-state index contributed by atoms with van der Waals surface area (Å²) in [4.78, 5) is 10.1. The van der Waals surface area contributed by atoms with Crippen molar-refractivity contribution >= 4 is 15.7 Å². The van der Waals surface area contributed by atoms with Crippen LogP contribution in [0.2, 0.25) is 0 Å². The summed E-state index contributed by atoms with van der Waals surface area (Å²) in [7, 11) is -1.48. The van der Waals surface area contributed by atoms with Crippen LogP contribution in [0.3, 0.4) is 0 Å². The van der Waals surface area contributed by atoms with Crippen LogP contribution in [0.5, 0.6) is 0 Å². The highest BCUT2D eigenvalue weighted by molar-refractivity contribution is 7.92. The summed E-state index contributed by atoms with van der Waals surface area (Å²) < 4.78 is 67.0. The first-order valence-corrected chi connectivity index (χ1v) is 23.9. The first kappa shape index (κ1) is 42.9. The van der Waals surface area contributed by atoms with Crippen molar-refractivity contribution in [3.05, 3.63) is 66.4 Å². The van der Waals surface area contributed by atoms with Gasteiger partial charge in [0, 0.05) is 49.7 Å². The quantitative estimate of drug-likeness (QED) is 0.113. The standard InChI is InChI=1S/C48H63F2N5O4S/c1-31(2)60(56,57)36-16-13-34(14-17-36)41-30-53-45(44(54-41)42-27-40(55-59-42)33-11-9-32(10-12-33)29-51-5)52-25-7-6-8-26-58-43-20-19-38-37-18-15-35-28-48(49,50)24-23-46(35,3)39(37)21-22-47(38,43)4/h9-14,16-17,27,30-31,35,37-39,43,51H,6-8,15,18-26,28-29H2,1-5H3,(H,52,53)/t35-,37-,38-,39-,43-,46-,47-/m0/s1. The smallest absolute Gasteiger partial charge is 0.248 e. The Hall–Kier alpha value is -3.74. The molecule has 0 aliphatic heterocycles. The molecule has 12 heteroatoms. The molecule has 7 atom stereocenters. The van der Waals surface area contributed by atoms with E-state index >= 15 is 0 Å². The topological polar surface area (TPSA) is 119 Å². The number of alkyl halides is 2. The Morgan fingerprint density at radius 3 is 2.35 bits per heavy atom. The largest absolute Gasteiger partial charge is 0.378 e. The zero-order valence-corrected chi connectivity index (χ0v) is 36.8. The third kappa shape index (κ3) is 8.41. The molecule has 0 amide bonds. The molecule has 2 aromatic carbocycles. The summed E-state index contributed by atoms with van der Waals surface area (Å²) in [6.45, 7) is 10.4. The molecule has 0 spiro atoms. The van der Waals surface area contributed by atoms with Gasteiger partial charge in [0.1, 0.15) is 5.69 Å². The second kappa shape index (κ2) is 17.2. The number of benzene rings is 2. The third-order valence-electron chi connectivity index (χ3n) is 15.2. The highest BCUT2D eigenvalue weighted by atomic mass is 32.2. The summed E-state index contributed by atoms with van der Waals surface area (Å²) in [5, 5.41) is 10.5. The van der Waals surface area contributed by atoms with E-state index in [4.69, 9.17) is 19.2 Å². The van der Waals surface area contributed by atoms with Gasteiger partial charge in [-0.3, -0.25) is 0 Å². The SMILES string of the molecule is CNCc1ccc(-c2cc(-c3nc(-c4ccc(S(=O)(=O)C(C)C)cc4)cnc3NCCCCCO[C@H]3CC[C@H]4[C@@H]5CC[C@H]6CC(F)(F)CC[C@]6(C)[C@H]5CC[C@]34C)on2)cc1. The maximum absolute atomic E-state index is 14.4. The van der Waals surface area contributed by atoms with Crippen LogP contribution in [0.1, 0.15) is 110 Å². The first-order chi connectivity index (χ1) is 28.7.